The van der Waals surface area contributed by atoms with Crippen molar-refractivity contribution in [3.05, 3.63) is 29.6 Å². The van der Waals surface area contributed by atoms with Gasteiger partial charge in [0, 0.05) is 5.56 Å². The van der Waals surface area contributed by atoms with Crippen molar-refractivity contribution in [3.63, 3.8) is 0 Å². The van der Waals surface area contributed by atoms with Crippen LogP contribution in [0.2, 0.25) is 0 Å². The van der Waals surface area contributed by atoms with Crippen LogP contribution in [0.3, 0.4) is 0 Å². The van der Waals surface area contributed by atoms with Gasteiger partial charge in [0.2, 0.25) is 5.89 Å². The molecule has 21 heavy (non-hydrogen) atoms. The number of thioether (sulfide) groups is 1. The Morgan fingerprint density at radius 3 is 2.67 bits per heavy atom. The van der Waals surface area contributed by atoms with Gasteiger partial charge in [-0.3, -0.25) is 4.79 Å². The Kier molecular flexibility index (Phi) is 4.16. The minimum atomic E-state index is -4.85. The van der Waals surface area contributed by atoms with E-state index in [9.17, 15) is 22.4 Å². The molecule has 10 heteroatoms. The molecule has 0 aliphatic carbocycles. The number of rotatable bonds is 4. The lowest BCUT2D eigenvalue weighted by Crippen LogP contribution is -2.08. The number of aliphatic carboxylic acids is 1. The van der Waals surface area contributed by atoms with Gasteiger partial charge in [-0.15, -0.1) is 10.2 Å². The van der Waals surface area contributed by atoms with Crippen LogP contribution >= 0.6 is 11.8 Å². The molecule has 0 radical (unpaired) electrons. The van der Waals surface area contributed by atoms with Gasteiger partial charge in [-0.1, -0.05) is 11.8 Å². The van der Waals surface area contributed by atoms with E-state index in [2.05, 4.69) is 10.2 Å². The Balaban J connectivity index is 2.28. The van der Waals surface area contributed by atoms with Gasteiger partial charge in [-0.25, -0.2) is 4.39 Å². The van der Waals surface area contributed by atoms with E-state index >= 15 is 0 Å². The molecule has 0 spiro atoms. The van der Waals surface area contributed by atoms with Crippen LogP contribution < -0.4 is 0 Å². The molecule has 0 atom stereocenters. The topological polar surface area (TPSA) is 76.2 Å². The van der Waals surface area contributed by atoms with Crippen LogP contribution in [-0.2, 0) is 11.0 Å². The standard InChI is InChI=1S/C11H6F4N2O3S/c12-7-2-1-5(3-6(7)11(13,14)15)9-16-17-10(20-9)21-4-8(18)19/h1-3H,4H2,(H,18,19). The number of carboxylic acid groups (broad SMARTS) is 1. The lowest BCUT2D eigenvalue weighted by atomic mass is 10.1. The van der Waals surface area contributed by atoms with Gasteiger partial charge >= 0.3 is 12.1 Å². The molecule has 0 bridgehead atoms. The minimum absolute atomic E-state index is 0.106. The smallest absolute Gasteiger partial charge is 0.419 e. The predicted octanol–water partition coefficient (Wildman–Crippen LogP) is 3.07. The average molecular weight is 322 g/mol. The average Bonchev–Trinajstić information content (AvgIpc) is 2.84. The maximum absolute atomic E-state index is 13.1. The summed E-state index contributed by atoms with van der Waals surface area (Å²) in [6, 6.07) is 2.25. The molecule has 0 aliphatic rings. The molecule has 5 nitrogen and oxygen atoms in total. The first-order chi connectivity index (χ1) is 9.77. The van der Waals surface area contributed by atoms with Crippen molar-refractivity contribution >= 4 is 17.7 Å². The molecule has 2 rings (SSSR count). The monoisotopic (exact) mass is 322 g/mol. The van der Waals surface area contributed by atoms with Crippen LogP contribution in [0.1, 0.15) is 5.56 Å². The van der Waals surface area contributed by atoms with Crippen molar-refractivity contribution in [3.8, 4) is 11.5 Å². The fraction of sp³-hybridized carbons (Fsp3) is 0.182. The maximum atomic E-state index is 13.1. The summed E-state index contributed by atoms with van der Waals surface area (Å²) in [6.45, 7) is 0. The zero-order valence-electron chi connectivity index (χ0n) is 10.0. The molecule has 0 aliphatic heterocycles. The second-order valence-electron chi connectivity index (χ2n) is 3.75. The van der Waals surface area contributed by atoms with Crippen LogP contribution in [-0.4, -0.2) is 27.0 Å². The van der Waals surface area contributed by atoms with Crippen molar-refractivity contribution in [2.45, 2.75) is 11.4 Å². The number of aromatic nitrogens is 2. The number of hydrogen-bond acceptors (Lipinski definition) is 5. The largest absolute Gasteiger partial charge is 0.481 e. The number of hydrogen-bond donors (Lipinski definition) is 1. The Bertz CT molecular complexity index is 672. The van der Waals surface area contributed by atoms with E-state index in [1.807, 2.05) is 0 Å². The number of halogens is 4. The summed E-state index contributed by atoms with van der Waals surface area (Å²) in [5, 5.41) is 15.4. The highest BCUT2D eigenvalue weighted by molar-refractivity contribution is 7.99. The number of carbonyl (C=O) groups is 1. The van der Waals surface area contributed by atoms with Crippen LogP contribution in [0.4, 0.5) is 17.6 Å². The van der Waals surface area contributed by atoms with Crippen LogP contribution in [0.25, 0.3) is 11.5 Å². The van der Waals surface area contributed by atoms with Crippen LogP contribution in [0.15, 0.2) is 27.8 Å². The Morgan fingerprint density at radius 1 is 1.33 bits per heavy atom. The van der Waals surface area contributed by atoms with Gasteiger partial charge < -0.3 is 9.52 Å². The van der Waals surface area contributed by atoms with Gasteiger partial charge in [0.25, 0.3) is 5.22 Å². The molecule has 0 fully saturated rings. The lowest BCUT2D eigenvalue weighted by molar-refractivity contribution is -0.140. The van der Waals surface area contributed by atoms with E-state index < -0.39 is 23.5 Å². The van der Waals surface area contributed by atoms with Crippen LogP contribution in [0, 0.1) is 5.82 Å². The van der Waals surface area contributed by atoms with E-state index in [-0.39, 0.29) is 22.4 Å². The van der Waals surface area contributed by atoms with Gasteiger partial charge in [-0.2, -0.15) is 13.2 Å². The summed E-state index contributed by atoms with van der Waals surface area (Å²) in [6.07, 6.45) is -4.85. The Labute approximate surface area is 119 Å². The van der Waals surface area contributed by atoms with Gasteiger partial charge in [0.1, 0.15) is 11.6 Å². The molecule has 1 aromatic heterocycles. The van der Waals surface area contributed by atoms with Crippen molar-refractivity contribution in [1.82, 2.24) is 10.2 Å². The molecule has 1 aromatic carbocycles. The molecule has 112 valence electrons. The SMILES string of the molecule is O=C(O)CSc1nnc(-c2ccc(F)c(C(F)(F)F)c2)o1. The molecule has 2 aromatic rings. The molecule has 0 amide bonds. The first kappa shape index (κ1) is 15.3. The fourth-order valence-corrected chi connectivity index (χ4v) is 1.87. The molecular weight excluding hydrogens is 316 g/mol. The molecule has 0 unspecified atom stereocenters. The maximum Gasteiger partial charge on any atom is 0.419 e. The second kappa shape index (κ2) is 5.72. The summed E-state index contributed by atoms with van der Waals surface area (Å²) < 4.78 is 55.9. The molecule has 0 saturated heterocycles. The third-order valence-corrected chi connectivity index (χ3v) is 3.05. The van der Waals surface area contributed by atoms with Crippen molar-refractivity contribution in [2.75, 3.05) is 5.75 Å². The highest BCUT2D eigenvalue weighted by Gasteiger charge is 2.34. The number of benzene rings is 1. The van der Waals surface area contributed by atoms with E-state index in [1.165, 1.54) is 0 Å². The molecule has 1 N–H and O–H groups in total. The van der Waals surface area contributed by atoms with Crippen molar-refractivity contribution in [1.29, 1.82) is 0 Å². The highest BCUT2D eigenvalue weighted by Crippen LogP contribution is 2.34. The number of alkyl halides is 3. The first-order valence-corrected chi connectivity index (χ1v) is 6.31. The van der Waals surface area contributed by atoms with E-state index in [0.717, 1.165) is 17.8 Å². The zero-order chi connectivity index (χ0) is 15.6. The zero-order valence-corrected chi connectivity index (χ0v) is 10.8. The number of nitrogens with zero attached hydrogens (tertiary/aromatic N) is 2. The fourth-order valence-electron chi connectivity index (χ4n) is 1.38. The van der Waals surface area contributed by atoms with Crippen molar-refractivity contribution in [2.24, 2.45) is 0 Å². The summed E-state index contributed by atoms with van der Waals surface area (Å²) in [5.41, 5.74) is -1.56. The Morgan fingerprint density at radius 2 is 2.05 bits per heavy atom. The quantitative estimate of drug-likeness (QED) is 0.688. The predicted molar refractivity (Wildman–Crippen MR) is 63.1 cm³/mol. The summed E-state index contributed by atoms with van der Waals surface area (Å²) in [7, 11) is 0. The molecular formula is C11H6F4N2O3S. The molecule has 1 heterocycles. The lowest BCUT2D eigenvalue weighted by Gasteiger charge is -2.08. The van der Waals surface area contributed by atoms with E-state index in [0.29, 0.717) is 12.1 Å². The minimum Gasteiger partial charge on any atom is -0.481 e. The number of carboxylic acids is 1. The van der Waals surface area contributed by atoms with Gasteiger partial charge in [-0.05, 0) is 18.2 Å². The summed E-state index contributed by atoms with van der Waals surface area (Å²) in [4.78, 5) is 10.4. The summed E-state index contributed by atoms with van der Waals surface area (Å²) >= 11 is 0.721. The normalized spacial score (nSPS) is 11.6. The van der Waals surface area contributed by atoms with Crippen LogP contribution in [0.5, 0.6) is 0 Å². The Hall–Kier alpha value is -2.10. The summed E-state index contributed by atoms with van der Waals surface area (Å²) in [5.74, 6) is -3.11. The molecule has 0 saturated carbocycles. The third kappa shape index (κ3) is 3.72. The van der Waals surface area contributed by atoms with E-state index in [4.69, 9.17) is 9.52 Å². The highest BCUT2D eigenvalue weighted by atomic mass is 32.2. The first-order valence-electron chi connectivity index (χ1n) is 5.32. The van der Waals surface area contributed by atoms with E-state index in [1.54, 1.807) is 0 Å². The third-order valence-electron chi connectivity index (χ3n) is 2.24. The van der Waals surface area contributed by atoms with Gasteiger partial charge in [0.05, 0.1) is 5.56 Å². The van der Waals surface area contributed by atoms with Crippen molar-refractivity contribution < 1.29 is 31.9 Å². The van der Waals surface area contributed by atoms with Gasteiger partial charge in [0.15, 0.2) is 0 Å². The second-order valence-corrected chi connectivity index (χ2v) is 4.67.